The lowest BCUT2D eigenvalue weighted by atomic mass is 10.2. The minimum absolute atomic E-state index is 0.00652. The minimum Gasteiger partial charge on any atom is -0.289 e. The molecule has 4 nitrogen and oxygen atoms in total. The summed E-state index contributed by atoms with van der Waals surface area (Å²) in [5, 5.41) is 0. The first-order valence-electron chi connectivity index (χ1n) is 7.15. The van der Waals surface area contributed by atoms with Crippen LogP contribution in [0.25, 0.3) is 6.08 Å². The van der Waals surface area contributed by atoms with E-state index >= 15 is 0 Å². The Labute approximate surface area is 145 Å². The molecule has 2 heterocycles. The highest BCUT2D eigenvalue weighted by Gasteiger charge is 2.41. The van der Waals surface area contributed by atoms with Gasteiger partial charge in [-0.15, -0.1) is 0 Å². The zero-order chi connectivity index (χ0) is 16.4. The molecule has 1 aromatic rings. The van der Waals surface area contributed by atoms with Crippen molar-refractivity contribution in [2.45, 2.75) is 12.5 Å². The fourth-order valence-electron chi connectivity index (χ4n) is 2.60. The number of sulfone groups is 1. The summed E-state index contributed by atoms with van der Waals surface area (Å²) in [6, 6.07) is 9.45. The van der Waals surface area contributed by atoms with Crippen molar-refractivity contribution < 1.29 is 13.2 Å². The second-order valence-electron chi connectivity index (χ2n) is 5.40. The van der Waals surface area contributed by atoms with Gasteiger partial charge in [0, 0.05) is 0 Å². The van der Waals surface area contributed by atoms with E-state index < -0.39 is 9.84 Å². The number of rotatable bonds is 3. The number of allylic oxidation sites excluding steroid dienone is 2. The third kappa shape index (κ3) is 3.73. The lowest BCUT2D eigenvalue weighted by Gasteiger charge is -2.20. The van der Waals surface area contributed by atoms with Gasteiger partial charge in [-0.2, -0.15) is 0 Å². The van der Waals surface area contributed by atoms with Gasteiger partial charge in [0.25, 0.3) is 5.91 Å². The van der Waals surface area contributed by atoms with Crippen molar-refractivity contribution in [3.63, 3.8) is 0 Å². The van der Waals surface area contributed by atoms with Gasteiger partial charge in [-0.3, -0.25) is 9.69 Å². The maximum atomic E-state index is 12.5. The summed E-state index contributed by atoms with van der Waals surface area (Å²) >= 11 is 6.49. The van der Waals surface area contributed by atoms with E-state index in [1.54, 1.807) is 6.08 Å². The molecule has 2 aliphatic heterocycles. The average Bonchev–Trinajstić information content (AvgIpc) is 3.00. The number of thiocarbonyl (C=S) groups is 1. The number of carbonyl (C=O) groups excluding carboxylic acids is 1. The van der Waals surface area contributed by atoms with E-state index in [1.807, 2.05) is 42.5 Å². The fourth-order valence-corrected chi connectivity index (χ4v) is 5.65. The monoisotopic (exact) mass is 365 g/mol. The molecule has 120 valence electrons. The van der Waals surface area contributed by atoms with E-state index in [1.165, 1.54) is 16.7 Å². The van der Waals surface area contributed by atoms with Crippen LogP contribution in [0.3, 0.4) is 0 Å². The number of hydrogen-bond donors (Lipinski definition) is 0. The number of carbonyl (C=O) groups is 1. The molecular formula is C16H15NO3S3. The summed E-state index contributed by atoms with van der Waals surface area (Å²) in [5.41, 5.74) is 1.04. The number of benzene rings is 1. The average molecular weight is 366 g/mol. The molecule has 1 atom stereocenters. The van der Waals surface area contributed by atoms with Crippen molar-refractivity contribution in [3.8, 4) is 0 Å². The Kier molecular flexibility index (Phi) is 4.70. The second-order valence-corrected chi connectivity index (χ2v) is 9.31. The highest BCUT2D eigenvalue weighted by molar-refractivity contribution is 8.26. The molecule has 2 saturated heterocycles. The normalized spacial score (nSPS) is 25.8. The van der Waals surface area contributed by atoms with Gasteiger partial charge in [0.2, 0.25) is 0 Å². The van der Waals surface area contributed by atoms with Crippen molar-refractivity contribution in [1.82, 2.24) is 4.90 Å². The van der Waals surface area contributed by atoms with Crippen LogP contribution < -0.4 is 0 Å². The number of hydrogen-bond acceptors (Lipinski definition) is 5. The zero-order valence-corrected chi connectivity index (χ0v) is 14.7. The van der Waals surface area contributed by atoms with E-state index in [0.29, 0.717) is 15.6 Å². The molecule has 3 rings (SSSR count). The molecule has 0 saturated carbocycles. The summed E-state index contributed by atoms with van der Waals surface area (Å²) in [6.07, 6.45) is 5.91. The predicted octanol–water partition coefficient (Wildman–Crippen LogP) is 2.63. The van der Waals surface area contributed by atoms with E-state index in [0.717, 1.165) is 5.56 Å². The summed E-state index contributed by atoms with van der Waals surface area (Å²) < 4.78 is 23.7. The first-order chi connectivity index (χ1) is 11.0. The molecule has 0 spiro atoms. The maximum absolute atomic E-state index is 12.5. The van der Waals surface area contributed by atoms with Crippen LogP contribution in [0.2, 0.25) is 0 Å². The molecule has 0 unspecified atom stereocenters. The van der Waals surface area contributed by atoms with Crippen LogP contribution in [0, 0.1) is 0 Å². The molecule has 0 bridgehead atoms. The Morgan fingerprint density at radius 2 is 2.00 bits per heavy atom. The van der Waals surface area contributed by atoms with Gasteiger partial charge in [0.05, 0.1) is 22.5 Å². The Balaban J connectivity index is 1.74. The topological polar surface area (TPSA) is 54.5 Å². The smallest absolute Gasteiger partial charge is 0.266 e. The molecule has 0 aromatic heterocycles. The van der Waals surface area contributed by atoms with Crippen LogP contribution in [-0.2, 0) is 14.6 Å². The zero-order valence-electron chi connectivity index (χ0n) is 12.2. The molecule has 1 amide bonds. The van der Waals surface area contributed by atoms with Crippen LogP contribution in [-0.4, -0.2) is 41.1 Å². The molecule has 0 aliphatic carbocycles. The number of nitrogens with zero attached hydrogens (tertiary/aromatic N) is 1. The molecule has 0 radical (unpaired) electrons. The fraction of sp³-hybridized carbons (Fsp3) is 0.250. The van der Waals surface area contributed by atoms with Crippen molar-refractivity contribution in [1.29, 1.82) is 0 Å². The summed E-state index contributed by atoms with van der Waals surface area (Å²) in [7, 11) is -3.05. The molecule has 2 fully saturated rings. The highest BCUT2D eigenvalue weighted by atomic mass is 32.2. The van der Waals surface area contributed by atoms with E-state index in [-0.39, 0.29) is 23.5 Å². The molecular weight excluding hydrogens is 350 g/mol. The van der Waals surface area contributed by atoms with Crippen molar-refractivity contribution in [2.75, 3.05) is 11.5 Å². The van der Waals surface area contributed by atoms with Gasteiger partial charge in [-0.05, 0) is 18.1 Å². The van der Waals surface area contributed by atoms with Gasteiger partial charge in [-0.1, -0.05) is 66.5 Å². The Morgan fingerprint density at radius 3 is 2.65 bits per heavy atom. The SMILES string of the molecule is O=C1/C(=C\C=C\c2ccccc2)SC(=S)N1[C@H]1CCS(=O)(=O)C1. The molecule has 23 heavy (non-hydrogen) atoms. The molecule has 2 aliphatic rings. The lowest BCUT2D eigenvalue weighted by Crippen LogP contribution is -2.39. The first-order valence-corrected chi connectivity index (χ1v) is 10.2. The maximum Gasteiger partial charge on any atom is 0.266 e. The Hall–Kier alpha value is -1.44. The summed E-state index contributed by atoms with van der Waals surface area (Å²) in [4.78, 5) is 14.5. The third-order valence-electron chi connectivity index (χ3n) is 3.73. The van der Waals surface area contributed by atoms with Gasteiger partial charge in [0.15, 0.2) is 9.84 Å². The van der Waals surface area contributed by atoms with Crippen LogP contribution in [0.4, 0.5) is 0 Å². The standard InChI is InChI=1S/C16H15NO3S3/c18-15-14(8-4-7-12-5-2-1-3-6-12)22-16(21)17(15)13-9-10-23(19,20)11-13/h1-8,13H,9-11H2/b7-4+,14-8+/t13-/m0/s1. The van der Waals surface area contributed by atoms with Crippen LogP contribution >= 0.6 is 24.0 Å². The van der Waals surface area contributed by atoms with E-state index in [4.69, 9.17) is 12.2 Å². The van der Waals surface area contributed by atoms with Gasteiger partial charge in [-0.25, -0.2) is 8.42 Å². The molecule has 7 heteroatoms. The van der Waals surface area contributed by atoms with Crippen molar-refractivity contribution in [2.24, 2.45) is 0 Å². The van der Waals surface area contributed by atoms with E-state index in [9.17, 15) is 13.2 Å². The number of amides is 1. The number of thioether (sulfide) groups is 1. The van der Waals surface area contributed by atoms with Crippen LogP contribution in [0.15, 0.2) is 47.4 Å². The predicted molar refractivity (Wildman–Crippen MR) is 97.7 cm³/mol. The van der Waals surface area contributed by atoms with Gasteiger partial charge < -0.3 is 0 Å². The second kappa shape index (κ2) is 6.59. The molecule has 1 aromatic carbocycles. The third-order valence-corrected chi connectivity index (χ3v) is 6.83. The van der Waals surface area contributed by atoms with Crippen molar-refractivity contribution >= 4 is 50.1 Å². The van der Waals surface area contributed by atoms with Crippen LogP contribution in [0.5, 0.6) is 0 Å². The molecule has 0 N–H and O–H groups in total. The van der Waals surface area contributed by atoms with Gasteiger partial charge >= 0.3 is 0 Å². The summed E-state index contributed by atoms with van der Waals surface area (Å²) in [6.45, 7) is 0. The largest absolute Gasteiger partial charge is 0.289 e. The quantitative estimate of drug-likeness (QED) is 0.609. The Bertz CT molecular complexity index is 797. The lowest BCUT2D eigenvalue weighted by molar-refractivity contribution is -0.123. The minimum atomic E-state index is -3.05. The van der Waals surface area contributed by atoms with Gasteiger partial charge in [0.1, 0.15) is 4.32 Å². The van der Waals surface area contributed by atoms with E-state index in [2.05, 4.69) is 0 Å². The summed E-state index contributed by atoms with van der Waals surface area (Å²) in [5.74, 6) is -0.0614. The van der Waals surface area contributed by atoms with Crippen LogP contribution in [0.1, 0.15) is 12.0 Å². The van der Waals surface area contributed by atoms with Crippen molar-refractivity contribution in [3.05, 3.63) is 53.0 Å². The Morgan fingerprint density at radius 1 is 1.26 bits per heavy atom. The first kappa shape index (κ1) is 16.4. The highest BCUT2D eigenvalue weighted by Crippen LogP contribution is 2.35.